The Labute approximate surface area is 247 Å². The predicted octanol–water partition coefficient (Wildman–Crippen LogP) is 5.23. The fourth-order valence-corrected chi connectivity index (χ4v) is 7.99. The molecule has 8 nitrogen and oxygen atoms in total. The van der Waals surface area contributed by atoms with Gasteiger partial charge in [0.1, 0.15) is 5.60 Å². The lowest BCUT2D eigenvalue weighted by atomic mass is 9.80. The molecule has 6 rings (SSSR count). The molecular weight excluding hydrogens is 536 g/mol. The maximum atomic E-state index is 12.5. The summed E-state index contributed by atoms with van der Waals surface area (Å²) in [6.07, 6.45) is 15.2. The van der Waals surface area contributed by atoms with Gasteiger partial charge in [0, 0.05) is 62.8 Å². The number of carbonyl (C=O) groups excluding carboxylic acids is 1. The van der Waals surface area contributed by atoms with Gasteiger partial charge in [-0.1, -0.05) is 49.3 Å². The number of amides is 1. The molecule has 0 aromatic carbocycles. The number of hydrogen-bond donors (Lipinski definition) is 1. The number of aliphatic imine (C=N–C) groups is 1. The number of nitrogens with zero attached hydrogens (tertiary/aromatic N) is 4. The SMILES string of the molecule is CC(C)(C)OC(=O)N1CCN(CCN2C=C3C(=C(C4CCCCC4)C4=CC=CC34)C3=C(CN=C(C(=O)O)S3)C2)CC1. The first-order chi connectivity index (χ1) is 19.7. The van der Waals surface area contributed by atoms with E-state index in [4.69, 9.17) is 4.74 Å². The van der Waals surface area contributed by atoms with Crippen molar-refractivity contribution in [2.24, 2.45) is 16.8 Å². The van der Waals surface area contributed by atoms with E-state index in [-0.39, 0.29) is 17.1 Å². The minimum Gasteiger partial charge on any atom is -0.476 e. The zero-order chi connectivity index (χ0) is 28.7. The van der Waals surface area contributed by atoms with Gasteiger partial charge in [0.05, 0.1) is 6.54 Å². The molecule has 3 aliphatic carbocycles. The van der Waals surface area contributed by atoms with Crippen LogP contribution in [0.1, 0.15) is 52.9 Å². The number of fused-ring (bicyclic) bond motifs is 4. The molecule has 1 unspecified atom stereocenters. The lowest BCUT2D eigenvalue weighted by Crippen LogP contribution is -2.51. The standard InChI is InChI=1S/C32H42N4O4S/c1-32(2,3)40-31(39)36-16-14-34(15-17-36)12-13-35-19-22-18-33-29(30(37)38)41-28(22)27-25(20-35)23-10-7-11-24(23)26(27)21-8-5-4-6-9-21/h7,10-11,20-21,23H,4-6,8-9,12-19H2,1-3H3,(H,37,38). The molecule has 1 saturated heterocycles. The van der Waals surface area contributed by atoms with Gasteiger partial charge in [-0.2, -0.15) is 0 Å². The van der Waals surface area contributed by atoms with E-state index < -0.39 is 11.6 Å². The third kappa shape index (κ3) is 5.93. The van der Waals surface area contributed by atoms with Crippen LogP contribution in [-0.4, -0.2) is 94.9 Å². The van der Waals surface area contributed by atoms with Gasteiger partial charge < -0.3 is 19.6 Å². The summed E-state index contributed by atoms with van der Waals surface area (Å²) >= 11 is 1.37. The van der Waals surface area contributed by atoms with Crippen LogP contribution in [0.2, 0.25) is 0 Å². The summed E-state index contributed by atoms with van der Waals surface area (Å²) in [5.41, 5.74) is 6.27. The molecule has 1 saturated carbocycles. The summed E-state index contributed by atoms with van der Waals surface area (Å²) in [6.45, 7) is 11.7. The fourth-order valence-electron chi connectivity index (χ4n) is 6.97. The molecule has 0 spiro atoms. The minimum atomic E-state index is -0.934. The average molecular weight is 579 g/mol. The van der Waals surface area contributed by atoms with Gasteiger partial charge in [-0.15, -0.1) is 0 Å². The highest BCUT2D eigenvalue weighted by Gasteiger charge is 2.42. The summed E-state index contributed by atoms with van der Waals surface area (Å²) in [5.74, 6) is -0.148. The van der Waals surface area contributed by atoms with Gasteiger partial charge in [-0.3, -0.25) is 9.89 Å². The van der Waals surface area contributed by atoms with Crippen molar-refractivity contribution in [3.8, 4) is 0 Å². The van der Waals surface area contributed by atoms with Crippen LogP contribution in [-0.2, 0) is 9.53 Å². The monoisotopic (exact) mass is 578 g/mol. The zero-order valence-corrected chi connectivity index (χ0v) is 25.3. The van der Waals surface area contributed by atoms with E-state index in [1.165, 1.54) is 71.7 Å². The van der Waals surface area contributed by atoms with Gasteiger partial charge in [0.2, 0.25) is 0 Å². The summed E-state index contributed by atoms with van der Waals surface area (Å²) in [5, 5.41) is 10.0. The second-order valence-electron chi connectivity index (χ2n) is 12.9. The Morgan fingerprint density at radius 1 is 1.07 bits per heavy atom. The first kappa shape index (κ1) is 28.3. The summed E-state index contributed by atoms with van der Waals surface area (Å²) in [7, 11) is 0. The maximum Gasteiger partial charge on any atom is 0.410 e. The zero-order valence-electron chi connectivity index (χ0n) is 24.5. The Hall–Kier alpha value is -2.78. The molecule has 6 aliphatic rings. The molecule has 3 heterocycles. The number of ether oxygens (including phenoxy) is 1. The third-order valence-corrected chi connectivity index (χ3v) is 10.1. The summed E-state index contributed by atoms with van der Waals surface area (Å²) in [4.78, 5) is 36.8. The fraction of sp³-hybridized carbons (Fsp3) is 0.594. The number of rotatable bonds is 5. The van der Waals surface area contributed by atoms with E-state index in [2.05, 4.69) is 39.2 Å². The first-order valence-corrected chi connectivity index (χ1v) is 16.0. The van der Waals surface area contributed by atoms with Crippen molar-refractivity contribution in [3.05, 3.63) is 57.2 Å². The van der Waals surface area contributed by atoms with Crippen molar-refractivity contribution < 1.29 is 19.4 Å². The van der Waals surface area contributed by atoms with Crippen molar-refractivity contribution in [3.63, 3.8) is 0 Å². The Morgan fingerprint density at radius 2 is 1.83 bits per heavy atom. The molecule has 2 fully saturated rings. The van der Waals surface area contributed by atoms with Crippen molar-refractivity contribution in [2.45, 2.75) is 58.5 Å². The normalized spacial score (nSPS) is 25.3. The molecule has 9 heteroatoms. The van der Waals surface area contributed by atoms with Gasteiger partial charge in [0.25, 0.3) is 0 Å². The molecule has 41 heavy (non-hydrogen) atoms. The van der Waals surface area contributed by atoms with Crippen LogP contribution in [0.15, 0.2) is 62.2 Å². The molecule has 0 bridgehead atoms. The number of thioether (sulfide) groups is 1. The van der Waals surface area contributed by atoms with Gasteiger partial charge in [-0.25, -0.2) is 9.59 Å². The number of carboxylic acid groups (broad SMARTS) is 1. The highest BCUT2D eigenvalue weighted by Crippen LogP contribution is 2.55. The van der Waals surface area contributed by atoms with E-state index in [0.717, 1.165) is 37.6 Å². The quantitative estimate of drug-likeness (QED) is 0.479. The van der Waals surface area contributed by atoms with Crippen LogP contribution in [0.25, 0.3) is 0 Å². The van der Waals surface area contributed by atoms with Crippen LogP contribution < -0.4 is 0 Å². The molecule has 1 N–H and O–H groups in total. The van der Waals surface area contributed by atoms with Gasteiger partial charge in [-0.05, 0) is 67.4 Å². The van der Waals surface area contributed by atoms with E-state index in [9.17, 15) is 14.7 Å². The third-order valence-electron chi connectivity index (χ3n) is 8.92. The van der Waals surface area contributed by atoms with Crippen molar-refractivity contribution >= 4 is 28.9 Å². The second kappa shape index (κ2) is 11.5. The van der Waals surface area contributed by atoms with Crippen molar-refractivity contribution in [1.29, 1.82) is 0 Å². The number of piperazine rings is 1. The number of hydrogen-bond acceptors (Lipinski definition) is 7. The summed E-state index contributed by atoms with van der Waals surface area (Å²) in [6, 6.07) is 0. The first-order valence-electron chi connectivity index (χ1n) is 15.2. The minimum absolute atomic E-state index is 0.205. The van der Waals surface area contributed by atoms with Crippen LogP contribution >= 0.6 is 11.8 Å². The van der Waals surface area contributed by atoms with E-state index in [1.807, 2.05) is 25.7 Å². The average Bonchev–Trinajstić information content (AvgIpc) is 3.49. The predicted molar refractivity (Wildman–Crippen MR) is 163 cm³/mol. The van der Waals surface area contributed by atoms with Crippen LogP contribution in [0.3, 0.4) is 0 Å². The van der Waals surface area contributed by atoms with E-state index in [1.54, 1.807) is 0 Å². The second-order valence-corrected chi connectivity index (χ2v) is 13.9. The summed E-state index contributed by atoms with van der Waals surface area (Å²) < 4.78 is 5.56. The molecule has 0 aromatic rings. The van der Waals surface area contributed by atoms with Gasteiger partial charge >= 0.3 is 12.1 Å². The van der Waals surface area contributed by atoms with E-state index >= 15 is 0 Å². The molecule has 0 aromatic heterocycles. The Kier molecular flexibility index (Phi) is 7.94. The van der Waals surface area contributed by atoms with Crippen molar-refractivity contribution in [1.82, 2.24) is 14.7 Å². The molecule has 220 valence electrons. The Balaban J connectivity index is 1.23. The van der Waals surface area contributed by atoms with Crippen LogP contribution in [0.4, 0.5) is 4.79 Å². The molecule has 0 radical (unpaired) electrons. The van der Waals surface area contributed by atoms with Crippen molar-refractivity contribution in [2.75, 3.05) is 52.4 Å². The maximum absolute atomic E-state index is 12.5. The number of carboxylic acids is 1. The van der Waals surface area contributed by atoms with Crippen LogP contribution in [0, 0.1) is 11.8 Å². The topological polar surface area (TPSA) is 85.7 Å². The number of aliphatic carboxylic acids is 1. The number of allylic oxidation sites excluding steroid dienone is 7. The Bertz CT molecular complexity index is 1290. The Morgan fingerprint density at radius 3 is 2.54 bits per heavy atom. The number of carbonyl (C=O) groups is 2. The molecule has 3 aliphatic heterocycles. The lowest BCUT2D eigenvalue weighted by Gasteiger charge is -2.36. The van der Waals surface area contributed by atoms with Crippen LogP contribution in [0.5, 0.6) is 0 Å². The van der Waals surface area contributed by atoms with Gasteiger partial charge in [0.15, 0.2) is 5.04 Å². The smallest absolute Gasteiger partial charge is 0.410 e. The largest absolute Gasteiger partial charge is 0.476 e. The van der Waals surface area contributed by atoms with E-state index in [0.29, 0.717) is 25.6 Å². The molecule has 1 atom stereocenters. The highest BCUT2D eigenvalue weighted by molar-refractivity contribution is 8.19. The lowest BCUT2D eigenvalue weighted by molar-refractivity contribution is -0.129. The molecule has 1 amide bonds. The molecular formula is C32H42N4O4S. The highest BCUT2D eigenvalue weighted by atomic mass is 32.2.